The van der Waals surface area contributed by atoms with Gasteiger partial charge in [0, 0.05) is 0 Å². The molecule has 0 fully saturated rings. The first-order valence-corrected chi connectivity index (χ1v) is 6.01. The Kier molecular flexibility index (Phi) is 3.98. The zero-order chi connectivity index (χ0) is 15.7. The molecule has 6 heteroatoms. The number of alkyl halides is 6. The summed E-state index contributed by atoms with van der Waals surface area (Å²) in [5.74, 6) is 0. The van der Waals surface area contributed by atoms with Crippen molar-refractivity contribution in [3.05, 3.63) is 65.3 Å². The summed E-state index contributed by atoms with van der Waals surface area (Å²) in [6.45, 7) is 0. The Bertz CT molecular complexity index is 583. The molecule has 21 heavy (non-hydrogen) atoms. The largest absolute Gasteiger partial charge is 0.421 e. The highest BCUT2D eigenvalue weighted by molar-refractivity contribution is 5.78. The minimum absolute atomic E-state index is 0.322. The first-order chi connectivity index (χ1) is 9.69. The molecule has 0 atom stereocenters. The van der Waals surface area contributed by atoms with Crippen molar-refractivity contribution in [1.82, 2.24) is 0 Å². The van der Waals surface area contributed by atoms with Gasteiger partial charge in [-0.2, -0.15) is 26.3 Å². The lowest BCUT2D eigenvalue weighted by Crippen LogP contribution is -2.28. The van der Waals surface area contributed by atoms with E-state index < -0.39 is 29.9 Å². The van der Waals surface area contributed by atoms with Crippen LogP contribution >= 0.6 is 0 Å². The van der Waals surface area contributed by atoms with E-state index in [9.17, 15) is 26.3 Å². The van der Waals surface area contributed by atoms with Crippen molar-refractivity contribution < 1.29 is 26.3 Å². The van der Waals surface area contributed by atoms with Gasteiger partial charge in [-0.15, -0.1) is 0 Å². The van der Waals surface area contributed by atoms with Gasteiger partial charge >= 0.3 is 12.4 Å². The lowest BCUT2D eigenvalue weighted by molar-refractivity contribution is -0.172. The van der Waals surface area contributed by atoms with Crippen LogP contribution in [0.15, 0.2) is 59.7 Å². The number of allylic oxidation sites excluding steroid dienone is 6. The van der Waals surface area contributed by atoms with Crippen molar-refractivity contribution in [2.24, 2.45) is 0 Å². The Morgan fingerprint density at radius 3 is 1.95 bits per heavy atom. The maximum Gasteiger partial charge on any atom is 0.421 e. The zero-order valence-corrected chi connectivity index (χ0v) is 10.6. The van der Waals surface area contributed by atoms with Gasteiger partial charge < -0.3 is 0 Å². The summed E-state index contributed by atoms with van der Waals surface area (Å²) in [5, 5.41) is 0. The monoisotopic (exact) mass is 304 g/mol. The smallest absolute Gasteiger partial charge is 0.166 e. The molecule has 0 unspecified atom stereocenters. The predicted octanol–water partition coefficient (Wildman–Crippen LogP) is 5.45. The fourth-order valence-corrected chi connectivity index (χ4v) is 2.12. The van der Waals surface area contributed by atoms with Gasteiger partial charge in [-0.05, 0) is 23.1 Å². The van der Waals surface area contributed by atoms with Crippen molar-refractivity contribution >= 4 is 5.57 Å². The predicted molar refractivity (Wildman–Crippen MR) is 67.3 cm³/mol. The molecule has 0 saturated carbocycles. The molecule has 1 aliphatic carbocycles. The maximum absolute atomic E-state index is 12.7. The van der Waals surface area contributed by atoms with E-state index in [0.717, 1.165) is 6.08 Å². The van der Waals surface area contributed by atoms with E-state index in [2.05, 4.69) is 0 Å². The Morgan fingerprint density at radius 2 is 1.43 bits per heavy atom. The number of hydrogen-bond donors (Lipinski definition) is 0. The minimum atomic E-state index is -5.43. The second-order valence-corrected chi connectivity index (χ2v) is 4.47. The summed E-state index contributed by atoms with van der Waals surface area (Å²) in [5.41, 5.74) is -2.32. The minimum Gasteiger partial charge on any atom is -0.166 e. The second-order valence-electron chi connectivity index (χ2n) is 4.47. The molecule has 0 bridgehead atoms. The topological polar surface area (TPSA) is 0 Å². The van der Waals surface area contributed by atoms with Gasteiger partial charge in [-0.25, -0.2) is 0 Å². The third-order valence-electron chi connectivity index (χ3n) is 2.96. The summed E-state index contributed by atoms with van der Waals surface area (Å²) >= 11 is 0. The Balaban J connectivity index is 2.55. The Hall–Kier alpha value is -1.98. The molecule has 0 amide bonds. The van der Waals surface area contributed by atoms with Crippen LogP contribution in [0.3, 0.4) is 0 Å². The van der Waals surface area contributed by atoms with E-state index >= 15 is 0 Å². The lowest BCUT2D eigenvalue weighted by atomic mass is 9.93. The molecule has 0 N–H and O–H groups in total. The average molecular weight is 304 g/mol. The molecule has 1 aliphatic rings. The average Bonchev–Trinajstić information content (AvgIpc) is 2.37. The molecule has 1 aromatic carbocycles. The quantitative estimate of drug-likeness (QED) is 0.605. The van der Waals surface area contributed by atoms with Crippen molar-refractivity contribution in [2.75, 3.05) is 0 Å². The molecular weight excluding hydrogens is 294 g/mol. The van der Waals surface area contributed by atoms with Gasteiger partial charge in [0.25, 0.3) is 0 Å². The molecule has 0 aromatic heterocycles. The number of halogens is 6. The fraction of sp³-hybridized carbons (Fsp3) is 0.200. The third kappa shape index (κ3) is 3.56. The van der Waals surface area contributed by atoms with Crippen molar-refractivity contribution in [1.29, 1.82) is 0 Å². The van der Waals surface area contributed by atoms with Gasteiger partial charge in [-0.3, -0.25) is 0 Å². The third-order valence-corrected chi connectivity index (χ3v) is 2.96. The number of benzene rings is 1. The maximum atomic E-state index is 12.7. The highest BCUT2D eigenvalue weighted by Crippen LogP contribution is 2.43. The van der Waals surface area contributed by atoms with Gasteiger partial charge in [0.2, 0.25) is 0 Å². The Labute approximate surface area is 117 Å². The van der Waals surface area contributed by atoms with Crippen LogP contribution in [0.4, 0.5) is 26.3 Å². The molecule has 2 rings (SSSR count). The number of rotatable bonds is 1. The van der Waals surface area contributed by atoms with Crippen LogP contribution in [0.2, 0.25) is 0 Å². The van der Waals surface area contributed by atoms with Gasteiger partial charge in [0.05, 0.1) is 0 Å². The highest BCUT2D eigenvalue weighted by atomic mass is 19.4. The number of hydrogen-bond acceptors (Lipinski definition) is 0. The molecule has 0 radical (unpaired) electrons. The summed E-state index contributed by atoms with van der Waals surface area (Å²) < 4.78 is 76.2. The Morgan fingerprint density at radius 1 is 0.857 bits per heavy atom. The molecule has 0 spiro atoms. The van der Waals surface area contributed by atoms with Gasteiger partial charge in [0.15, 0.2) is 0 Å². The molecule has 0 aliphatic heterocycles. The van der Waals surface area contributed by atoms with Crippen LogP contribution in [0.25, 0.3) is 5.57 Å². The van der Waals surface area contributed by atoms with E-state index in [1.54, 1.807) is 30.3 Å². The van der Waals surface area contributed by atoms with Crippen molar-refractivity contribution in [3.63, 3.8) is 0 Å². The van der Waals surface area contributed by atoms with Gasteiger partial charge in [0.1, 0.15) is 5.57 Å². The molecule has 0 nitrogen and oxygen atoms in total. The first-order valence-electron chi connectivity index (χ1n) is 6.01. The van der Waals surface area contributed by atoms with Crippen LogP contribution in [-0.2, 0) is 0 Å². The van der Waals surface area contributed by atoms with E-state index in [4.69, 9.17) is 0 Å². The zero-order valence-electron chi connectivity index (χ0n) is 10.6. The molecule has 0 saturated heterocycles. The summed E-state index contributed by atoms with van der Waals surface area (Å²) in [6.07, 6.45) is -7.50. The van der Waals surface area contributed by atoms with E-state index in [-0.39, 0.29) is 0 Å². The van der Waals surface area contributed by atoms with Crippen LogP contribution in [0.5, 0.6) is 0 Å². The second kappa shape index (κ2) is 5.42. The summed E-state index contributed by atoms with van der Waals surface area (Å²) in [4.78, 5) is 0. The lowest BCUT2D eigenvalue weighted by Gasteiger charge is -2.20. The fourth-order valence-electron chi connectivity index (χ4n) is 2.12. The summed E-state index contributed by atoms with van der Waals surface area (Å²) in [7, 11) is 0. The molecule has 0 heterocycles. The molecular formula is C15H10F6. The van der Waals surface area contributed by atoms with Crippen molar-refractivity contribution in [2.45, 2.75) is 18.8 Å². The van der Waals surface area contributed by atoms with Crippen LogP contribution < -0.4 is 0 Å². The normalized spacial score (nSPS) is 15.9. The van der Waals surface area contributed by atoms with E-state index in [0.29, 0.717) is 11.1 Å². The van der Waals surface area contributed by atoms with Crippen LogP contribution in [0.1, 0.15) is 12.0 Å². The van der Waals surface area contributed by atoms with Crippen LogP contribution in [0, 0.1) is 0 Å². The summed E-state index contributed by atoms with van der Waals surface area (Å²) in [6, 6.07) is 8.29. The van der Waals surface area contributed by atoms with Gasteiger partial charge in [-0.1, -0.05) is 48.6 Å². The van der Waals surface area contributed by atoms with E-state index in [1.165, 1.54) is 12.2 Å². The molecule has 112 valence electrons. The van der Waals surface area contributed by atoms with Crippen LogP contribution in [-0.4, -0.2) is 12.4 Å². The standard InChI is InChI=1S/C15H10F6/c16-14(17,18)13(15(19,20)21)12-8-4-7-11(9-12)10-5-2-1-3-6-10/h1-7,9H,8H2. The SMILES string of the molecule is FC(F)(F)C(=C1C=C(c2ccccc2)C=CC1)C(F)(F)F. The highest BCUT2D eigenvalue weighted by Gasteiger charge is 2.52. The van der Waals surface area contributed by atoms with E-state index in [1.807, 2.05) is 0 Å². The van der Waals surface area contributed by atoms with Crippen molar-refractivity contribution in [3.8, 4) is 0 Å². The molecule has 1 aromatic rings. The first kappa shape index (κ1) is 15.4.